The third kappa shape index (κ3) is 3.24. The normalized spacial score (nSPS) is 12.5. The van der Waals surface area contributed by atoms with Gasteiger partial charge in [0.25, 0.3) is 0 Å². The fourth-order valence-corrected chi connectivity index (χ4v) is 2.08. The van der Waals surface area contributed by atoms with E-state index < -0.39 is 0 Å². The molecular formula is C14H23NO. The van der Waals surface area contributed by atoms with Gasteiger partial charge >= 0.3 is 0 Å². The highest BCUT2D eigenvalue weighted by molar-refractivity contribution is 5.37. The van der Waals surface area contributed by atoms with Crippen molar-refractivity contribution in [2.45, 2.75) is 32.6 Å². The predicted molar refractivity (Wildman–Crippen MR) is 69.3 cm³/mol. The van der Waals surface area contributed by atoms with E-state index in [1.165, 1.54) is 24.0 Å². The Morgan fingerprint density at radius 1 is 1.38 bits per heavy atom. The molecule has 0 amide bonds. The van der Waals surface area contributed by atoms with E-state index in [0.29, 0.717) is 5.92 Å². The maximum absolute atomic E-state index is 5.28. The van der Waals surface area contributed by atoms with Crippen molar-refractivity contribution in [3.05, 3.63) is 29.3 Å². The molecule has 0 aliphatic carbocycles. The van der Waals surface area contributed by atoms with E-state index in [4.69, 9.17) is 4.74 Å². The minimum Gasteiger partial charge on any atom is -0.496 e. The smallest absolute Gasteiger partial charge is 0.121 e. The standard InChI is InChI=1S/C14H23NO/c1-5-12(8-9-15-3)13-6-7-14(16-4)11(2)10-13/h6-7,10,12,15H,5,8-9H2,1-4H3. The molecule has 0 aromatic heterocycles. The second kappa shape index (κ2) is 6.54. The van der Waals surface area contributed by atoms with Crippen molar-refractivity contribution in [3.8, 4) is 5.75 Å². The minimum absolute atomic E-state index is 0.650. The number of hydrogen-bond acceptors (Lipinski definition) is 2. The van der Waals surface area contributed by atoms with Crippen molar-refractivity contribution in [2.24, 2.45) is 0 Å². The lowest BCUT2D eigenvalue weighted by Crippen LogP contribution is -2.12. The topological polar surface area (TPSA) is 21.3 Å². The van der Waals surface area contributed by atoms with E-state index in [9.17, 15) is 0 Å². The zero-order valence-electron chi connectivity index (χ0n) is 10.8. The quantitative estimate of drug-likeness (QED) is 0.797. The van der Waals surface area contributed by atoms with Crippen molar-refractivity contribution in [1.29, 1.82) is 0 Å². The monoisotopic (exact) mass is 221 g/mol. The summed E-state index contributed by atoms with van der Waals surface area (Å²) in [6, 6.07) is 6.52. The first-order valence-corrected chi connectivity index (χ1v) is 6.02. The number of rotatable bonds is 6. The molecule has 1 atom stereocenters. The zero-order valence-corrected chi connectivity index (χ0v) is 10.8. The Kier molecular flexibility index (Phi) is 5.33. The van der Waals surface area contributed by atoms with E-state index in [1.54, 1.807) is 7.11 Å². The van der Waals surface area contributed by atoms with Gasteiger partial charge in [0.05, 0.1) is 7.11 Å². The summed E-state index contributed by atoms with van der Waals surface area (Å²) in [5.41, 5.74) is 2.65. The predicted octanol–water partition coefficient (Wildman–Crippen LogP) is 3.11. The van der Waals surface area contributed by atoms with Crippen LogP contribution in [0, 0.1) is 6.92 Å². The van der Waals surface area contributed by atoms with Gasteiger partial charge in [-0.3, -0.25) is 0 Å². The lowest BCUT2D eigenvalue weighted by Gasteiger charge is -2.16. The van der Waals surface area contributed by atoms with Gasteiger partial charge < -0.3 is 10.1 Å². The molecule has 0 aliphatic heterocycles. The van der Waals surface area contributed by atoms with Crippen molar-refractivity contribution in [3.63, 3.8) is 0 Å². The number of hydrogen-bond donors (Lipinski definition) is 1. The Labute approximate surface area is 99.0 Å². The molecule has 1 rings (SSSR count). The second-order valence-electron chi connectivity index (χ2n) is 4.23. The van der Waals surface area contributed by atoms with Crippen LogP contribution in [0.5, 0.6) is 5.75 Å². The van der Waals surface area contributed by atoms with E-state index in [1.807, 2.05) is 7.05 Å². The summed E-state index contributed by atoms with van der Waals surface area (Å²) in [6.07, 6.45) is 2.38. The number of nitrogens with one attached hydrogen (secondary N) is 1. The number of methoxy groups -OCH3 is 1. The van der Waals surface area contributed by atoms with Gasteiger partial charge in [0.2, 0.25) is 0 Å². The van der Waals surface area contributed by atoms with Gasteiger partial charge in [0.1, 0.15) is 5.75 Å². The lowest BCUT2D eigenvalue weighted by atomic mass is 9.92. The minimum atomic E-state index is 0.650. The average molecular weight is 221 g/mol. The summed E-state index contributed by atoms with van der Waals surface area (Å²) in [5.74, 6) is 1.63. The Balaban J connectivity index is 2.80. The summed E-state index contributed by atoms with van der Waals surface area (Å²) in [5, 5.41) is 3.21. The average Bonchev–Trinajstić information content (AvgIpc) is 2.30. The summed E-state index contributed by atoms with van der Waals surface area (Å²) in [7, 11) is 3.73. The molecule has 0 spiro atoms. The molecule has 2 heteroatoms. The molecule has 2 nitrogen and oxygen atoms in total. The first-order chi connectivity index (χ1) is 7.72. The van der Waals surface area contributed by atoms with Crippen LogP contribution >= 0.6 is 0 Å². The largest absolute Gasteiger partial charge is 0.496 e. The van der Waals surface area contributed by atoms with Crippen LogP contribution in [0.15, 0.2) is 18.2 Å². The molecule has 1 aromatic carbocycles. The van der Waals surface area contributed by atoms with Crippen LogP contribution < -0.4 is 10.1 Å². The molecule has 90 valence electrons. The van der Waals surface area contributed by atoms with Gasteiger partial charge in [-0.1, -0.05) is 19.1 Å². The van der Waals surface area contributed by atoms with Gasteiger partial charge in [-0.2, -0.15) is 0 Å². The Hall–Kier alpha value is -1.02. The Bertz CT molecular complexity index is 323. The van der Waals surface area contributed by atoms with E-state index in [0.717, 1.165) is 12.3 Å². The molecule has 0 heterocycles. The van der Waals surface area contributed by atoms with Gasteiger partial charge in [-0.25, -0.2) is 0 Å². The van der Waals surface area contributed by atoms with Crippen molar-refractivity contribution in [2.75, 3.05) is 20.7 Å². The van der Waals surface area contributed by atoms with Crippen LogP contribution in [-0.4, -0.2) is 20.7 Å². The molecule has 0 saturated heterocycles. The summed E-state index contributed by atoms with van der Waals surface area (Å²) in [4.78, 5) is 0. The second-order valence-corrected chi connectivity index (χ2v) is 4.23. The van der Waals surface area contributed by atoms with Gasteiger partial charge in [0.15, 0.2) is 0 Å². The van der Waals surface area contributed by atoms with Crippen molar-refractivity contribution in [1.82, 2.24) is 5.32 Å². The third-order valence-electron chi connectivity index (χ3n) is 3.13. The molecule has 0 fully saturated rings. The van der Waals surface area contributed by atoms with Crippen molar-refractivity contribution >= 4 is 0 Å². The highest BCUT2D eigenvalue weighted by Gasteiger charge is 2.10. The summed E-state index contributed by atoms with van der Waals surface area (Å²) >= 11 is 0. The molecule has 0 saturated carbocycles. The first-order valence-electron chi connectivity index (χ1n) is 6.02. The number of aryl methyl sites for hydroxylation is 1. The molecule has 1 N–H and O–H groups in total. The molecule has 1 aromatic rings. The number of benzene rings is 1. The summed E-state index contributed by atoms with van der Waals surface area (Å²) in [6.45, 7) is 5.43. The molecule has 0 bridgehead atoms. The molecular weight excluding hydrogens is 198 g/mol. The fraction of sp³-hybridized carbons (Fsp3) is 0.571. The van der Waals surface area contributed by atoms with Crippen LogP contribution in [-0.2, 0) is 0 Å². The molecule has 16 heavy (non-hydrogen) atoms. The van der Waals surface area contributed by atoms with Crippen LogP contribution in [0.2, 0.25) is 0 Å². The molecule has 1 unspecified atom stereocenters. The van der Waals surface area contributed by atoms with Gasteiger partial charge in [0, 0.05) is 0 Å². The van der Waals surface area contributed by atoms with Crippen LogP contribution in [0.25, 0.3) is 0 Å². The van der Waals surface area contributed by atoms with E-state index >= 15 is 0 Å². The lowest BCUT2D eigenvalue weighted by molar-refractivity contribution is 0.411. The van der Waals surface area contributed by atoms with Crippen LogP contribution in [0.3, 0.4) is 0 Å². The maximum Gasteiger partial charge on any atom is 0.121 e. The number of ether oxygens (including phenoxy) is 1. The zero-order chi connectivity index (χ0) is 12.0. The summed E-state index contributed by atoms with van der Waals surface area (Å²) < 4.78 is 5.28. The molecule has 0 radical (unpaired) electrons. The van der Waals surface area contributed by atoms with Crippen molar-refractivity contribution < 1.29 is 4.74 Å². The van der Waals surface area contributed by atoms with Crippen LogP contribution in [0.4, 0.5) is 0 Å². The Morgan fingerprint density at radius 3 is 2.62 bits per heavy atom. The van der Waals surface area contributed by atoms with Gasteiger partial charge in [-0.05, 0) is 56.5 Å². The van der Waals surface area contributed by atoms with E-state index in [2.05, 4.69) is 37.4 Å². The SMILES string of the molecule is CCC(CCNC)c1ccc(OC)c(C)c1. The van der Waals surface area contributed by atoms with E-state index in [-0.39, 0.29) is 0 Å². The fourth-order valence-electron chi connectivity index (χ4n) is 2.08. The maximum atomic E-state index is 5.28. The molecule has 0 aliphatic rings. The third-order valence-corrected chi connectivity index (χ3v) is 3.13. The highest BCUT2D eigenvalue weighted by atomic mass is 16.5. The van der Waals surface area contributed by atoms with Gasteiger partial charge in [-0.15, -0.1) is 0 Å². The first kappa shape index (κ1) is 13.0. The van der Waals surface area contributed by atoms with Crippen LogP contribution in [0.1, 0.15) is 36.8 Å². The Morgan fingerprint density at radius 2 is 2.12 bits per heavy atom. The highest BCUT2D eigenvalue weighted by Crippen LogP contribution is 2.27.